The highest BCUT2D eigenvalue weighted by Gasteiger charge is 2.12. The van der Waals surface area contributed by atoms with E-state index in [4.69, 9.17) is 5.73 Å². The first kappa shape index (κ1) is 11.5. The molecule has 6 heteroatoms. The molecule has 88 valence electrons. The molecule has 2 heterocycles. The van der Waals surface area contributed by atoms with E-state index in [1.165, 1.54) is 0 Å². The highest BCUT2D eigenvalue weighted by atomic mass is 32.1. The van der Waals surface area contributed by atoms with E-state index in [2.05, 4.69) is 22.2 Å². The fourth-order valence-electron chi connectivity index (χ4n) is 1.64. The van der Waals surface area contributed by atoms with Gasteiger partial charge in [-0.05, 0) is 19.8 Å². The largest absolute Gasteiger partial charge is 0.328 e. The van der Waals surface area contributed by atoms with Crippen molar-refractivity contribution in [3.8, 4) is 0 Å². The van der Waals surface area contributed by atoms with Gasteiger partial charge in [0.25, 0.3) is 0 Å². The van der Waals surface area contributed by atoms with Crippen LogP contribution in [0, 0.1) is 0 Å². The molecule has 0 fully saturated rings. The van der Waals surface area contributed by atoms with Crippen LogP contribution in [0.4, 0.5) is 0 Å². The predicted octanol–water partition coefficient (Wildman–Crippen LogP) is 1.81. The smallest absolute Gasteiger partial charge is 0.234 e. The summed E-state index contributed by atoms with van der Waals surface area (Å²) in [5.74, 6) is 0.477. The summed E-state index contributed by atoms with van der Waals surface area (Å²) in [6.07, 6.45) is 5.00. The van der Waals surface area contributed by atoms with Gasteiger partial charge in [0, 0.05) is 12.0 Å². The summed E-state index contributed by atoms with van der Waals surface area (Å²) in [7, 11) is 0. The molecule has 0 amide bonds. The normalized spacial score (nSPS) is 15.4. The van der Waals surface area contributed by atoms with Gasteiger partial charge in [0.05, 0.1) is 0 Å². The van der Waals surface area contributed by atoms with E-state index >= 15 is 0 Å². The van der Waals surface area contributed by atoms with E-state index in [1.54, 1.807) is 22.2 Å². The van der Waals surface area contributed by atoms with E-state index < -0.39 is 0 Å². The second kappa shape index (κ2) is 4.88. The van der Waals surface area contributed by atoms with Gasteiger partial charge in [0.1, 0.15) is 11.3 Å². The maximum Gasteiger partial charge on any atom is 0.234 e. The Labute approximate surface area is 98.7 Å². The minimum atomic E-state index is 0.296. The molecule has 2 N–H and O–H groups in total. The van der Waals surface area contributed by atoms with Gasteiger partial charge in [-0.25, -0.2) is 0 Å². The van der Waals surface area contributed by atoms with E-state index in [-0.39, 0.29) is 0 Å². The fourth-order valence-corrected chi connectivity index (χ4v) is 2.55. The molecule has 2 unspecified atom stereocenters. The molecule has 0 radical (unpaired) electrons. The molecule has 2 rings (SSSR count). The Hall–Kier alpha value is -1.01. The molecule has 2 atom stereocenters. The monoisotopic (exact) mass is 239 g/mol. The van der Waals surface area contributed by atoms with Gasteiger partial charge >= 0.3 is 0 Å². The second-order valence-corrected chi connectivity index (χ2v) is 5.30. The summed E-state index contributed by atoms with van der Waals surface area (Å²) in [6.45, 7) is 4.25. The van der Waals surface area contributed by atoms with Gasteiger partial charge in [-0.1, -0.05) is 24.7 Å². The van der Waals surface area contributed by atoms with Gasteiger partial charge in [-0.2, -0.15) is 9.61 Å². The standard InChI is InChI=1S/C10H17N5S/c1-7(4-3-5-8(2)11)9-14-15-6-12-13-10(15)16-9/h6-8H,3-5,11H2,1-2H3. The molecule has 2 aromatic heterocycles. The highest BCUT2D eigenvalue weighted by Crippen LogP contribution is 2.25. The summed E-state index contributed by atoms with van der Waals surface area (Å²) in [5, 5.41) is 13.4. The summed E-state index contributed by atoms with van der Waals surface area (Å²) < 4.78 is 1.74. The minimum absolute atomic E-state index is 0.296. The van der Waals surface area contributed by atoms with Crippen molar-refractivity contribution >= 4 is 16.3 Å². The van der Waals surface area contributed by atoms with Gasteiger partial charge in [0.15, 0.2) is 0 Å². The van der Waals surface area contributed by atoms with Gasteiger partial charge in [-0.15, -0.1) is 10.2 Å². The van der Waals surface area contributed by atoms with Crippen LogP contribution in [0.2, 0.25) is 0 Å². The molecular formula is C10H17N5S. The van der Waals surface area contributed by atoms with Crippen molar-refractivity contribution in [2.75, 3.05) is 0 Å². The SMILES string of the molecule is CC(N)CCCC(C)c1nn2cnnc2s1. The van der Waals surface area contributed by atoms with Crippen molar-refractivity contribution in [3.05, 3.63) is 11.3 Å². The Bertz CT molecular complexity index is 418. The summed E-state index contributed by atoms with van der Waals surface area (Å²) in [6, 6.07) is 0.296. The Morgan fingerprint density at radius 1 is 1.44 bits per heavy atom. The molecular weight excluding hydrogens is 222 g/mol. The van der Waals surface area contributed by atoms with Crippen LogP contribution in [0.25, 0.3) is 4.96 Å². The van der Waals surface area contributed by atoms with Gasteiger partial charge in [-0.3, -0.25) is 0 Å². The Morgan fingerprint density at radius 3 is 2.94 bits per heavy atom. The van der Waals surface area contributed by atoms with Crippen LogP contribution >= 0.6 is 11.3 Å². The molecule has 0 aliphatic rings. The zero-order chi connectivity index (χ0) is 11.5. The molecule has 0 saturated carbocycles. The molecule has 5 nitrogen and oxygen atoms in total. The number of hydrogen-bond donors (Lipinski definition) is 1. The molecule has 0 spiro atoms. The lowest BCUT2D eigenvalue weighted by Gasteiger charge is -2.08. The number of hydrogen-bond acceptors (Lipinski definition) is 5. The average molecular weight is 239 g/mol. The molecule has 0 bridgehead atoms. The number of fused-ring (bicyclic) bond motifs is 1. The first-order valence-corrected chi connectivity index (χ1v) is 6.41. The maximum atomic E-state index is 5.73. The first-order chi connectivity index (χ1) is 7.66. The number of nitrogens with zero attached hydrogens (tertiary/aromatic N) is 4. The minimum Gasteiger partial charge on any atom is -0.328 e. The van der Waals surface area contributed by atoms with Crippen LogP contribution in [0.15, 0.2) is 6.33 Å². The van der Waals surface area contributed by atoms with Crippen molar-refractivity contribution in [2.45, 2.75) is 45.1 Å². The van der Waals surface area contributed by atoms with Crippen molar-refractivity contribution in [1.82, 2.24) is 19.8 Å². The van der Waals surface area contributed by atoms with Crippen LogP contribution in [-0.4, -0.2) is 25.9 Å². The summed E-state index contributed by atoms with van der Waals surface area (Å²) in [4.78, 5) is 0.869. The predicted molar refractivity (Wildman–Crippen MR) is 64.6 cm³/mol. The molecule has 0 saturated heterocycles. The van der Waals surface area contributed by atoms with E-state index in [9.17, 15) is 0 Å². The highest BCUT2D eigenvalue weighted by molar-refractivity contribution is 7.16. The lowest BCUT2D eigenvalue weighted by Crippen LogP contribution is -2.14. The number of rotatable bonds is 5. The summed E-state index contributed by atoms with van der Waals surface area (Å²) >= 11 is 1.62. The van der Waals surface area contributed by atoms with Crippen LogP contribution in [0.1, 0.15) is 44.0 Å². The van der Waals surface area contributed by atoms with Crippen LogP contribution in [0.5, 0.6) is 0 Å². The summed E-state index contributed by atoms with van der Waals surface area (Å²) in [5.41, 5.74) is 5.73. The third kappa shape index (κ3) is 2.56. The van der Waals surface area contributed by atoms with E-state index in [1.807, 2.05) is 6.92 Å². The van der Waals surface area contributed by atoms with Gasteiger partial charge in [0.2, 0.25) is 4.96 Å². The van der Waals surface area contributed by atoms with E-state index in [0.717, 1.165) is 29.2 Å². The van der Waals surface area contributed by atoms with Crippen LogP contribution in [0.3, 0.4) is 0 Å². The quantitative estimate of drug-likeness (QED) is 0.864. The van der Waals surface area contributed by atoms with Crippen molar-refractivity contribution in [3.63, 3.8) is 0 Å². The molecule has 0 aliphatic heterocycles. The number of nitrogens with two attached hydrogens (primary N) is 1. The molecule has 0 aliphatic carbocycles. The number of aromatic nitrogens is 4. The van der Waals surface area contributed by atoms with Crippen LogP contribution in [-0.2, 0) is 0 Å². The van der Waals surface area contributed by atoms with E-state index in [0.29, 0.717) is 12.0 Å². The Morgan fingerprint density at radius 2 is 2.25 bits per heavy atom. The van der Waals surface area contributed by atoms with Crippen molar-refractivity contribution < 1.29 is 0 Å². The Kier molecular flexibility index (Phi) is 3.50. The molecule has 2 aromatic rings. The lowest BCUT2D eigenvalue weighted by atomic mass is 10.0. The fraction of sp³-hybridized carbons (Fsp3) is 0.700. The van der Waals surface area contributed by atoms with Crippen LogP contribution < -0.4 is 5.73 Å². The first-order valence-electron chi connectivity index (χ1n) is 5.59. The Balaban J connectivity index is 1.94. The molecule has 16 heavy (non-hydrogen) atoms. The van der Waals surface area contributed by atoms with Crippen molar-refractivity contribution in [2.24, 2.45) is 5.73 Å². The van der Waals surface area contributed by atoms with Gasteiger partial charge < -0.3 is 5.73 Å². The third-order valence-electron chi connectivity index (χ3n) is 2.62. The maximum absolute atomic E-state index is 5.73. The third-order valence-corrected chi connectivity index (χ3v) is 3.77. The molecule has 0 aromatic carbocycles. The lowest BCUT2D eigenvalue weighted by molar-refractivity contribution is 0.553. The zero-order valence-electron chi connectivity index (χ0n) is 9.63. The zero-order valence-corrected chi connectivity index (χ0v) is 10.4. The van der Waals surface area contributed by atoms with Crippen molar-refractivity contribution in [1.29, 1.82) is 0 Å². The average Bonchev–Trinajstić information content (AvgIpc) is 2.75. The topological polar surface area (TPSA) is 69.1 Å². The second-order valence-electron chi connectivity index (χ2n) is 4.31.